The van der Waals surface area contributed by atoms with E-state index in [0.717, 1.165) is 12.2 Å². The molecule has 0 saturated heterocycles. The summed E-state index contributed by atoms with van der Waals surface area (Å²) in [6, 6.07) is 3.58. The Balaban J connectivity index is 2.02. The van der Waals surface area contributed by atoms with Crippen LogP contribution in [0, 0.1) is 0 Å². The van der Waals surface area contributed by atoms with Crippen LogP contribution >= 0.6 is 0 Å². The average Bonchev–Trinajstić information content (AvgIpc) is 2.87. The van der Waals surface area contributed by atoms with Gasteiger partial charge in [0, 0.05) is 6.61 Å². The Bertz CT molecular complexity index is 450. The molecule has 0 amide bonds. The molecular weight excluding hydrogens is 210 g/mol. The number of furan rings is 1. The van der Waals surface area contributed by atoms with Crippen LogP contribution in [0.15, 0.2) is 21.0 Å². The predicted octanol–water partition coefficient (Wildman–Crippen LogP) is 1.84. The number of nitrogens with two attached hydrogens (primary N) is 1. The monoisotopic (exact) mass is 223 g/mol. The number of anilines is 1. The van der Waals surface area contributed by atoms with E-state index < -0.39 is 0 Å². The standard InChI is InChI=1S/C10H13N3O3/c1-2-5-14-6-7-3-4-8(15-7)9-12-13-10(11)16-9/h3-4H,2,5-6H2,1H3,(H2,11,13). The molecule has 0 spiro atoms. The van der Waals surface area contributed by atoms with Crippen LogP contribution in [0.25, 0.3) is 11.7 Å². The number of hydrogen-bond acceptors (Lipinski definition) is 6. The van der Waals surface area contributed by atoms with Crippen molar-refractivity contribution < 1.29 is 13.6 Å². The largest absolute Gasteiger partial charge is 0.453 e. The van der Waals surface area contributed by atoms with E-state index in [4.69, 9.17) is 19.3 Å². The van der Waals surface area contributed by atoms with Gasteiger partial charge >= 0.3 is 6.01 Å². The molecule has 0 unspecified atom stereocenters. The summed E-state index contributed by atoms with van der Waals surface area (Å²) in [7, 11) is 0. The van der Waals surface area contributed by atoms with Crippen LogP contribution in [0.1, 0.15) is 19.1 Å². The number of nitrogen functional groups attached to an aromatic ring is 1. The van der Waals surface area contributed by atoms with Crippen molar-refractivity contribution in [3.8, 4) is 11.7 Å². The van der Waals surface area contributed by atoms with E-state index in [9.17, 15) is 0 Å². The molecule has 2 rings (SSSR count). The van der Waals surface area contributed by atoms with Crippen molar-refractivity contribution in [1.29, 1.82) is 0 Å². The zero-order valence-corrected chi connectivity index (χ0v) is 8.97. The van der Waals surface area contributed by atoms with Gasteiger partial charge in [0.1, 0.15) is 12.4 Å². The van der Waals surface area contributed by atoms with E-state index in [1.165, 1.54) is 0 Å². The van der Waals surface area contributed by atoms with E-state index in [0.29, 0.717) is 19.0 Å². The van der Waals surface area contributed by atoms with Crippen molar-refractivity contribution >= 4 is 6.01 Å². The fraction of sp³-hybridized carbons (Fsp3) is 0.400. The van der Waals surface area contributed by atoms with E-state index in [1.54, 1.807) is 6.07 Å². The lowest BCUT2D eigenvalue weighted by Gasteiger charge is -1.97. The summed E-state index contributed by atoms with van der Waals surface area (Å²) in [6.07, 6.45) is 0.980. The van der Waals surface area contributed by atoms with Gasteiger partial charge in [-0.05, 0) is 18.6 Å². The Labute approximate surface area is 92.4 Å². The second kappa shape index (κ2) is 4.80. The lowest BCUT2D eigenvalue weighted by atomic mass is 10.4. The molecule has 0 aliphatic heterocycles. The predicted molar refractivity (Wildman–Crippen MR) is 56.4 cm³/mol. The highest BCUT2D eigenvalue weighted by atomic mass is 16.5. The summed E-state index contributed by atoms with van der Waals surface area (Å²) in [5.41, 5.74) is 5.31. The average molecular weight is 223 g/mol. The van der Waals surface area contributed by atoms with Crippen LogP contribution in [0.2, 0.25) is 0 Å². The van der Waals surface area contributed by atoms with Gasteiger partial charge in [-0.15, -0.1) is 5.10 Å². The fourth-order valence-corrected chi connectivity index (χ4v) is 1.22. The van der Waals surface area contributed by atoms with Gasteiger partial charge in [0.25, 0.3) is 5.89 Å². The van der Waals surface area contributed by atoms with Crippen LogP contribution in [0.4, 0.5) is 6.01 Å². The highest BCUT2D eigenvalue weighted by Crippen LogP contribution is 2.21. The number of ether oxygens (including phenoxy) is 1. The molecule has 16 heavy (non-hydrogen) atoms. The first-order valence-electron chi connectivity index (χ1n) is 5.05. The van der Waals surface area contributed by atoms with E-state index >= 15 is 0 Å². The van der Waals surface area contributed by atoms with Crippen LogP contribution in [-0.4, -0.2) is 16.8 Å². The number of nitrogens with zero attached hydrogens (tertiary/aromatic N) is 2. The van der Waals surface area contributed by atoms with Crippen molar-refractivity contribution in [2.24, 2.45) is 0 Å². The molecule has 0 aliphatic rings. The topological polar surface area (TPSA) is 87.3 Å². The minimum Gasteiger partial charge on any atom is -0.453 e. The molecule has 0 aromatic carbocycles. The van der Waals surface area contributed by atoms with Crippen LogP contribution in [-0.2, 0) is 11.3 Å². The first-order valence-corrected chi connectivity index (χ1v) is 5.05. The molecular formula is C10H13N3O3. The van der Waals surface area contributed by atoms with Gasteiger partial charge in [-0.2, -0.15) is 0 Å². The van der Waals surface area contributed by atoms with Crippen molar-refractivity contribution in [3.05, 3.63) is 17.9 Å². The van der Waals surface area contributed by atoms with E-state index in [-0.39, 0.29) is 11.9 Å². The lowest BCUT2D eigenvalue weighted by Crippen LogP contribution is -1.91. The Morgan fingerprint density at radius 3 is 2.88 bits per heavy atom. The molecule has 2 aromatic heterocycles. The molecule has 0 aliphatic carbocycles. The molecule has 0 bridgehead atoms. The lowest BCUT2D eigenvalue weighted by molar-refractivity contribution is 0.107. The van der Waals surface area contributed by atoms with Gasteiger partial charge in [-0.1, -0.05) is 12.0 Å². The van der Waals surface area contributed by atoms with Gasteiger partial charge in [0.15, 0.2) is 5.76 Å². The molecule has 6 nitrogen and oxygen atoms in total. The second-order valence-electron chi connectivity index (χ2n) is 3.26. The highest BCUT2D eigenvalue weighted by Gasteiger charge is 2.11. The second-order valence-corrected chi connectivity index (χ2v) is 3.26. The van der Waals surface area contributed by atoms with Gasteiger partial charge in [-0.25, -0.2) is 0 Å². The first kappa shape index (κ1) is 10.7. The van der Waals surface area contributed by atoms with Gasteiger partial charge < -0.3 is 19.3 Å². The molecule has 0 radical (unpaired) electrons. The smallest absolute Gasteiger partial charge is 0.313 e. The highest BCUT2D eigenvalue weighted by molar-refractivity contribution is 5.44. The third kappa shape index (κ3) is 2.40. The SMILES string of the molecule is CCCOCc1ccc(-c2nnc(N)o2)o1. The molecule has 0 atom stereocenters. The van der Waals surface area contributed by atoms with Gasteiger partial charge in [-0.3, -0.25) is 0 Å². The summed E-state index contributed by atoms with van der Waals surface area (Å²) >= 11 is 0. The Kier molecular flexibility index (Phi) is 3.21. The molecule has 86 valence electrons. The Morgan fingerprint density at radius 1 is 1.31 bits per heavy atom. The zero-order valence-electron chi connectivity index (χ0n) is 8.97. The summed E-state index contributed by atoms with van der Waals surface area (Å²) in [5, 5.41) is 7.27. The molecule has 2 aromatic rings. The number of aromatic nitrogens is 2. The van der Waals surface area contributed by atoms with Crippen molar-refractivity contribution in [2.45, 2.75) is 20.0 Å². The normalized spacial score (nSPS) is 10.8. The first-order chi connectivity index (χ1) is 7.79. The Hall–Kier alpha value is -1.82. The summed E-state index contributed by atoms with van der Waals surface area (Å²) in [4.78, 5) is 0. The summed E-state index contributed by atoms with van der Waals surface area (Å²) < 4.78 is 15.8. The maximum absolute atomic E-state index is 5.45. The summed E-state index contributed by atoms with van der Waals surface area (Å²) in [6.45, 7) is 3.20. The zero-order chi connectivity index (χ0) is 11.4. The molecule has 0 fully saturated rings. The van der Waals surface area contributed by atoms with Crippen molar-refractivity contribution in [2.75, 3.05) is 12.3 Å². The van der Waals surface area contributed by atoms with Gasteiger partial charge in [0.2, 0.25) is 0 Å². The van der Waals surface area contributed by atoms with E-state index in [2.05, 4.69) is 17.1 Å². The minimum atomic E-state index is 0.0233. The third-order valence-electron chi connectivity index (χ3n) is 1.91. The molecule has 2 N–H and O–H groups in total. The molecule has 0 saturated carbocycles. The maximum Gasteiger partial charge on any atom is 0.313 e. The van der Waals surface area contributed by atoms with Crippen LogP contribution < -0.4 is 5.73 Å². The molecule has 2 heterocycles. The van der Waals surface area contributed by atoms with Crippen LogP contribution in [0.5, 0.6) is 0 Å². The van der Waals surface area contributed by atoms with Crippen LogP contribution in [0.3, 0.4) is 0 Å². The third-order valence-corrected chi connectivity index (χ3v) is 1.91. The van der Waals surface area contributed by atoms with E-state index in [1.807, 2.05) is 6.07 Å². The van der Waals surface area contributed by atoms with Gasteiger partial charge in [0.05, 0.1) is 0 Å². The molecule has 6 heteroatoms. The minimum absolute atomic E-state index is 0.0233. The maximum atomic E-state index is 5.45. The number of rotatable bonds is 5. The number of hydrogen-bond donors (Lipinski definition) is 1. The summed E-state index contributed by atoms with van der Waals surface area (Å²) in [5.74, 6) is 1.50. The fourth-order valence-electron chi connectivity index (χ4n) is 1.22. The Morgan fingerprint density at radius 2 is 2.19 bits per heavy atom. The van der Waals surface area contributed by atoms with Crippen molar-refractivity contribution in [3.63, 3.8) is 0 Å². The quantitative estimate of drug-likeness (QED) is 0.778. The van der Waals surface area contributed by atoms with Crippen molar-refractivity contribution in [1.82, 2.24) is 10.2 Å².